The van der Waals surface area contributed by atoms with E-state index in [-0.39, 0.29) is 23.1 Å². The average molecular weight is 341 g/mol. The molecule has 0 bridgehead atoms. The molecule has 3 rings (SSSR count). The van der Waals surface area contributed by atoms with Crippen LogP contribution in [0.2, 0.25) is 0 Å². The van der Waals surface area contributed by atoms with Gasteiger partial charge in [-0.3, -0.25) is 4.79 Å². The van der Waals surface area contributed by atoms with Crippen molar-refractivity contribution in [2.75, 3.05) is 18.4 Å². The number of halogens is 2. The Labute approximate surface area is 126 Å². The lowest BCUT2D eigenvalue weighted by atomic mass is 9.91. The summed E-state index contributed by atoms with van der Waals surface area (Å²) >= 11 is 3.16. The number of piperidine rings is 1. The van der Waals surface area contributed by atoms with Gasteiger partial charge >= 0.3 is 0 Å². The highest BCUT2D eigenvalue weighted by Crippen LogP contribution is 2.58. The molecule has 0 aromatic heterocycles. The zero-order valence-corrected chi connectivity index (χ0v) is 13.0. The number of hydrogen-bond acceptors (Lipinski definition) is 2. The van der Waals surface area contributed by atoms with Crippen LogP contribution >= 0.6 is 15.9 Å². The van der Waals surface area contributed by atoms with Gasteiger partial charge in [0.05, 0.1) is 4.47 Å². The number of hydrogen-bond donors (Lipinski definition) is 2. The van der Waals surface area contributed by atoms with E-state index in [0.717, 1.165) is 37.9 Å². The highest BCUT2D eigenvalue weighted by molar-refractivity contribution is 9.10. The van der Waals surface area contributed by atoms with Gasteiger partial charge in [0.25, 0.3) is 0 Å². The summed E-state index contributed by atoms with van der Waals surface area (Å²) in [7, 11) is 0. The summed E-state index contributed by atoms with van der Waals surface area (Å²) in [5, 5.41) is 6.29. The van der Waals surface area contributed by atoms with E-state index in [1.807, 2.05) is 0 Å². The van der Waals surface area contributed by atoms with Gasteiger partial charge in [0.2, 0.25) is 5.91 Å². The number of aryl methyl sites for hydroxylation is 1. The highest BCUT2D eigenvalue weighted by Gasteiger charge is 2.57. The highest BCUT2D eigenvalue weighted by atomic mass is 79.9. The topological polar surface area (TPSA) is 41.1 Å². The Morgan fingerprint density at radius 2 is 2.15 bits per heavy atom. The second-order valence-corrected chi connectivity index (χ2v) is 6.79. The number of anilines is 1. The maximum atomic E-state index is 13.4. The summed E-state index contributed by atoms with van der Waals surface area (Å²) in [6.45, 7) is 3.81. The molecule has 1 amide bonds. The van der Waals surface area contributed by atoms with Crippen molar-refractivity contribution in [2.24, 2.45) is 11.3 Å². The summed E-state index contributed by atoms with van der Waals surface area (Å²) in [5.41, 5.74) is 1.67. The van der Waals surface area contributed by atoms with Gasteiger partial charge in [-0.05, 0) is 78.3 Å². The van der Waals surface area contributed by atoms with Crippen molar-refractivity contribution < 1.29 is 9.18 Å². The summed E-state index contributed by atoms with van der Waals surface area (Å²) < 4.78 is 13.8. The third kappa shape index (κ3) is 2.49. The SMILES string of the molecule is Cc1cc(F)c(Br)cc1NC(=O)C1CC12CCNCC2. The van der Waals surface area contributed by atoms with E-state index in [0.29, 0.717) is 10.2 Å². The van der Waals surface area contributed by atoms with Gasteiger partial charge in [-0.15, -0.1) is 0 Å². The summed E-state index contributed by atoms with van der Waals surface area (Å²) in [6, 6.07) is 3.08. The van der Waals surface area contributed by atoms with Crippen molar-refractivity contribution in [3.8, 4) is 0 Å². The van der Waals surface area contributed by atoms with E-state index in [1.165, 1.54) is 6.07 Å². The molecule has 1 atom stereocenters. The van der Waals surface area contributed by atoms with E-state index in [2.05, 4.69) is 26.6 Å². The van der Waals surface area contributed by atoms with Crippen LogP contribution < -0.4 is 10.6 Å². The second-order valence-electron chi connectivity index (χ2n) is 5.94. The Balaban J connectivity index is 1.70. The molecule has 1 saturated heterocycles. The van der Waals surface area contributed by atoms with Crippen molar-refractivity contribution in [3.05, 3.63) is 28.0 Å². The third-order valence-electron chi connectivity index (χ3n) is 4.63. The lowest BCUT2D eigenvalue weighted by Gasteiger charge is -2.23. The molecule has 3 nitrogen and oxygen atoms in total. The van der Waals surface area contributed by atoms with Gasteiger partial charge in [-0.25, -0.2) is 4.39 Å². The van der Waals surface area contributed by atoms with E-state index in [1.54, 1.807) is 13.0 Å². The molecule has 1 heterocycles. The van der Waals surface area contributed by atoms with Crippen molar-refractivity contribution in [2.45, 2.75) is 26.2 Å². The second kappa shape index (κ2) is 5.11. The fourth-order valence-electron chi connectivity index (χ4n) is 3.20. The number of amides is 1. The van der Waals surface area contributed by atoms with Crippen LogP contribution in [0, 0.1) is 24.1 Å². The normalized spacial score (nSPS) is 23.6. The smallest absolute Gasteiger partial charge is 0.228 e. The van der Waals surface area contributed by atoms with Gasteiger partial charge in [-0.2, -0.15) is 0 Å². The monoisotopic (exact) mass is 340 g/mol. The molecule has 5 heteroatoms. The summed E-state index contributed by atoms with van der Waals surface area (Å²) in [6.07, 6.45) is 3.15. The molecule has 1 saturated carbocycles. The van der Waals surface area contributed by atoms with Crippen molar-refractivity contribution >= 4 is 27.5 Å². The van der Waals surface area contributed by atoms with Gasteiger partial charge < -0.3 is 10.6 Å². The van der Waals surface area contributed by atoms with Crippen LogP contribution in [0.25, 0.3) is 0 Å². The average Bonchev–Trinajstić information content (AvgIpc) is 3.10. The molecule has 1 unspecified atom stereocenters. The summed E-state index contributed by atoms with van der Waals surface area (Å²) in [4.78, 5) is 12.4. The number of benzene rings is 1. The molecule has 2 aliphatic rings. The van der Waals surface area contributed by atoms with Crippen molar-refractivity contribution in [1.29, 1.82) is 0 Å². The zero-order valence-electron chi connectivity index (χ0n) is 11.4. The number of rotatable bonds is 2. The lowest BCUT2D eigenvalue weighted by molar-refractivity contribution is -0.118. The first-order valence-corrected chi connectivity index (χ1v) is 7.78. The first-order valence-electron chi connectivity index (χ1n) is 6.99. The minimum atomic E-state index is -0.304. The lowest BCUT2D eigenvalue weighted by Crippen LogP contribution is -2.31. The van der Waals surface area contributed by atoms with E-state index in [4.69, 9.17) is 0 Å². The quantitative estimate of drug-likeness (QED) is 0.867. The fraction of sp³-hybridized carbons (Fsp3) is 0.533. The van der Waals surface area contributed by atoms with E-state index in [9.17, 15) is 9.18 Å². The van der Waals surface area contributed by atoms with Crippen molar-refractivity contribution in [3.63, 3.8) is 0 Å². The first kappa shape index (κ1) is 14.0. The molecule has 1 aromatic rings. The molecule has 20 heavy (non-hydrogen) atoms. The van der Waals surface area contributed by atoms with Gasteiger partial charge in [0.1, 0.15) is 5.82 Å². The molecule has 108 valence electrons. The molecule has 1 aliphatic carbocycles. The van der Waals surface area contributed by atoms with Gasteiger partial charge in [0.15, 0.2) is 0 Å². The van der Waals surface area contributed by atoms with Crippen LogP contribution in [-0.2, 0) is 4.79 Å². The van der Waals surface area contributed by atoms with Crippen LogP contribution in [0.4, 0.5) is 10.1 Å². The molecule has 2 N–H and O–H groups in total. The number of carbonyl (C=O) groups excluding carboxylic acids is 1. The van der Waals surface area contributed by atoms with Crippen LogP contribution in [0.1, 0.15) is 24.8 Å². The molecule has 1 aromatic carbocycles. The third-order valence-corrected chi connectivity index (χ3v) is 5.24. The van der Waals surface area contributed by atoms with Crippen LogP contribution in [0.5, 0.6) is 0 Å². The Kier molecular flexibility index (Phi) is 3.58. The molecule has 1 spiro atoms. The molecule has 0 radical (unpaired) electrons. The molecule has 1 aliphatic heterocycles. The minimum Gasteiger partial charge on any atom is -0.326 e. The van der Waals surface area contributed by atoms with Crippen molar-refractivity contribution in [1.82, 2.24) is 5.32 Å². The van der Waals surface area contributed by atoms with Gasteiger partial charge in [-0.1, -0.05) is 0 Å². The summed E-state index contributed by atoms with van der Waals surface area (Å²) in [5.74, 6) is -0.108. The Bertz CT molecular complexity index is 555. The Morgan fingerprint density at radius 1 is 1.45 bits per heavy atom. The maximum absolute atomic E-state index is 13.4. The van der Waals surface area contributed by atoms with E-state index < -0.39 is 0 Å². The predicted octanol–water partition coefficient (Wildman–Crippen LogP) is 3.22. The predicted molar refractivity (Wildman–Crippen MR) is 80.1 cm³/mol. The van der Waals surface area contributed by atoms with Gasteiger partial charge in [0, 0.05) is 11.6 Å². The fourth-order valence-corrected chi connectivity index (χ4v) is 3.54. The Morgan fingerprint density at radius 3 is 2.85 bits per heavy atom. The molecule has 2 fully saturated rings. The number of carbonyl (C=O) groups is 1. The first-order chi connectivity index (χ1) is 9.52. The number of nitrogens with one attached hydrogen (secondary N) is 2. The molecular weight excluding hydrogens is 323 g/mol. The van der Waals surface area contributed by atoms with Crippen LogP contribution in [0.3, 0.4) is 0 Å². The minimum absolute atomic E-state index is 0.0773. The zero-order chi connectivity index (χ0) is 14.3. The largest absolute Gasteiger partial charge is 0.326 e. The maximum Gasteiger partial charge on any atom is 0.228 e. The molecular formula is C15H18BrFN2O. The van der Waals surface area contributed by atoms with Crippen LogP contribution in [0.15, 0.2) is 16.6 Å². The Hall–Kier alpha value is -0.940. The van der Waals surface area contributed by atoms with E-state index >= 15 is 0 Å². The van der Waals surface area contributed by atoms with Crippen LogP contribution in [-0.4, -0.2) is 19.0 Å². The standard InChI is InChI=1S/C15H18BrFN2O/c1-9-6-12(17)11(16)7-13(9)19-14(20)10-8-15(10)2-4-18-5-3-15/h6-7,10,18H,2-5,8H2,1H3,(H,19,20).